The standard InChI is InChI=1S/C23H22F3NO3/c1-17(28)15-27(16-18-7-5-12-22(13-18)30-23(24,25)26)19-8-6-11-21(14-19)29-20-9-3-2-4-10-20/h2-14,17,28H,15-16H2,1H3. The Bertz CT molecular complexity index is 946. The van der Waals surface area contributed by atoms with Crippen LogP contribution in [0.3, 0.4) is 0 Å². The first-order valence-electron chi connectivity index (χ1n) is 9.39. The summed E-state index contributed by atoms with van der Waals surface area (Å²) in [7, 11) is 0. The molecule has 1 unspecified atom stereocenters. The fourth-order valence-electron chi connectivity index (χ4n) is 3.01. The van der Waals surface area contributed by atoms with Crippen LogP contribution in [0.15, 0.2) is 78.9 Å². The van der Waals surface area contributed by atoms with Gasteiger partial charge in [-0.05, 0) is 48.9 Å². The molecule has 0 fully saturated rings. The van der Waals surface area contributed by atoms with Gasteiger partial charge in [-0.2, -0.15) is 0 Å². The maximum atomic E-state index is 12.5. The number of anilines is 1. The van der Waals surface area contributed by atoms with Gasteiger partial charge in [0.05, 0.1) is 6.10 Å². The highest BCUT2D eigenvalue weighted by atomic mass is 19.4. The molecule has 3 aromatic carbocycles. The lowest BCUT2D eigenvalue weighted by molar-refractivity contribution is -0.274. The van der Waals surface area contributed by atoms with Gasteiger partial charge in [-0.25, -0.2) is 0 Å². The Labute approximate surface area is 173 Å². The van der Waals surface area contributed by atoms with Crippen LogP contribution in [-0.4, -0.2) is 24.1 Å². The predicted molar refractivity (Wildman–Crippen MR) is 109 cm³/mol. The van der Waals surface area contributed by atoms with Crippen LogP contribution in [0.25, 0.3) is 0 Å². The van der Waals surface area contributed by atoms with Crippen LogP contribution < -0.4 is 14.4 Å². The second-order valence-electron chi connectivity index (χ2n) is 6.84. The highest BCUT2D eigenvalue weighted by Crippen LogP contribution is 2.28. The maximum absolute atomic E-state index is 12.5. The Balaban J connectivity index is 1.81. The van der Waals surface area contributed by atoms with E-state index in [0.717, 1.165) is 5.69 Å². The number of aliphatic hydroxyl groups is 1. The van der Waals surface area contributed by atoms with E-state index in [1.165, 1.54) is 18.2 Å². The highest BCUT2D eigenvalue weighted by molar-refractivity contribution is 5.52. The lowest BCUT2D eigenvalue weighted by Gasteiger charge is -2.27. The van der Waals surface area contributed by atoms with Crippen molar-refractivity contribution in [3.05, 3.63) is 84.4 Å². The summed E-state index contributed by atoms with van der Waals surface area (Å²) in [6.07, 6.45) is -5.39. The molecule has 30 heavy (non-hydrogen) atoms. The molecule has 3 rings (SSSR count). The van der Waals surface area contributed by atoms with Crippen molar-refractivity contribution in [2.24, 2.45) is 0 Å². The number of para-hydroxylation sites is 1. The van der Waals surface area contributed by atoms with E-state index in [1.807, 2.05) is 59.5 Å². The van der Waals surface area contributed by atoms with Crippen LogP contribution in [0.5, 0.6) is 17.2 Å². The summed E-state index contributed by atoms with van der Waals surface area (Å²) in [5, 5.41) is 9.93. The molecule has 0 aliphatic heterocycles. The van der Waals surface area contributed by atoms with Gasteiger partial charge < -0.3 is 19.5 Å². The number of ether oxygens (including phenoxy) is 2. The molecule has 0 aromatic heterocycles. The number of rotatable bonds is 8. The molecule has 7 heteroatoms. The summed E-state index contributed by atoms with van der Waals surface area (Å²) in [6.45, 7) is 2.23. The maximum Gasteiger partial charge on any atom is 0.573 e. The molecule has 0 heterocycles. The topological polar surface area (TPSA) is 41.9 Å². The lowest BCUT2D eigenvalue weighted by Crippen LogP contribution is -2.30. The molecule has 3 aromatic rings. The Morgan fingerprint density at radius 2 is 1.53 bits per heavy atom. The second kappa shape index (κ2) is 9.54. The van der Waals surface area contributed by atoms with Gasteiger partial charge in [-0.3, -0.25) is 0 Å². The first-order chi connectivity index (χ1) is 14.3. The van der Waals surface area contributed by atoms with Crippen LogP contribution in [0.4, 0.5) is 18.9 Å². The Morgan fingerprint density at radius 3 is 2.23 bits per heavy atom. The minimum Gasteiger partial charge on any atom is -0.457 e. The number of benzene rings is 3. The Hall–Kier alpha value is -3.19. The molecule has 0 aliphatic carbocycles. The summed E-state index contributed by atoms with van der Waals surface area (Å²) in [4.78, 5) is 1.87. The van der Waals surface area contributed by atoms with Crippen molar-refractivity contribution in [3.63, 3.8) is 0 Å². The molecule has 0 bridgehead atoms. The van der Waals surface area contributed by atoms with Crippen molar-refractivity contribution in [2.75, 3.05) is 11.4 Å². The quantitative estimate of drug-likeness (QED) is 0.506. The van der Waals surface area contributed by atoms with Crippen molar-refractivity contribution >= 4 is 5.69 Å². The number of hydrogen-bond donors (Lipinski definition) is 1. The van der Waals surface area contributed by atoms with E-state index in [4.69, 9.17) is 4.74 Å². The van der Waals surface area contributed by atoms with Gasteiger partial charge in [0, 0.05) is 24.8 Å². The molecule has 0 saturated heterocycles. The lowest BCUT2D eigenvalue weighted by atomic mass is 10.1. The zero-order valence-electron chi connectivity index (χ0n) is 16.3. The average Bonchev–Trinajstić information content (AvgIpc) is 2.67. The van der Waals surface area contributed by atoms with E-state index in [-0.39, 0.29) is 12.3 Å². The third-order valence-electron chi connectivity index (χ3n) is 4.15. The third-order valence-corrected chi connectivity index (χ3v) is 4.15. The fraction of sp³-hybridized carbons (Fsp3) is 0.217. The third kappa shape index (κ3) is 6.70. The molecule has 4 nitrogen and oxygen atoms in total. The van der Waals surface area contributed by atoms with E-state index < -0.39 is 12.5 Å². The van der Waals surface area contributed by atoms with Crippen molar-refractivity contribution in [1.29, 1.82) is 0 Å². The van der Waals surface area contributed by atoms with Gasteiger partial charge in [-0.1, -0.05) is 36.4 Å². The van der Waals surface area contributed by atoms with Gasteiger partial charge >= 0.3 is 6.36 Å². The second-order valence-corrected chi connectivity index (χ2v) is 6.84. The van der Waals surface area contributed by atoms with Crippen molar-refractivity contribution < 1.29 is 27.8 Å². The zero-order valence-corrected chi connectivity index (χ0v) is 16.3. The number of aliphatic hydroxyl groups excluding tert-OH is 1. The largest absolute Gasteiger partial charge is 0.573 e. The monoisotopic (exact) mass is 417 g/mol. The van der Waals surface area contributed by atoms with Crippen LogP contribution in [0.1, 0.15) is 12.5 Å². The minimum absolute atomic E-state index is 0.279. The minimum atomic E-state index is -4.75. The summed E-state index contributed by atoms with van der Waals surface area (Å²) >= 11 is 0. The van der Waals surface area contributed by atoms with Gasteiger partial charge in [0.2, 0.25) is 0 Å². The smallest absolute Gasteiger partial charge is 0.457 e. The molecule has 1 N–H and O–H groups in total. The number of hydrogen-bond acceptors (Lipinski definition) is 4. The summed E-state index contributed by atoms with van der Waals surface area (Å²) < 4.78 is 47.4. The van der Waals surface area contributed by atoms with E-state index >= 15 is 0 Å². The number of nitrogens with zero attached hydrogens (tertiary/aromatic N) is 1. The summed E-state index contributed by atoms with van der Waals surface area (Å²) in [6, 6.07) is 22.4. The molecule has 0 radical (unpaired) electrons. The Morgan fingerprint density at radius 1 is 0.867 bits per heavy atom. The fourth-order valence-corrected chi connectivity index (χ4v) is 3.01. The first-order valence-corrected chi connectivity index (χ1v) is 9.39. The van der Waals surface area contributed by atoms with E-state index in [0.29, 0.717) is 23.6 Å². The molecule has 0 aliphatic rings. The van der Waals surface area contributed by atoms with Crippen LogP contribution in [-0.2, 0) is 6.54 Å². The summed E-state index contributed by atoms with van der Waals surface area (Å²) in [5.74, 6) is 1.02. The van der Waals surface area contributed by atoms with Gasteiger partial charge in [0.25, 0.3) is 0 Å². The predicted octanol–water partition coefficient (Wildman–Crippen LogP) is 5.76. The van der Waals surface area contributed by atoms with Crippen molar-refractivity contribution in [2.45, 2.75) is 25.9 Å². The highest BCUT2D eigenvalue weighted by Gasteiger charge is 2.31. The molecular weight excluding hydrogens is 395 g/mol. The molecule has 1 atom stereocenters. The molecule has 0 amide bonds. The Kier molecular flexibility index (Phi) is 6.84. The van der Waals surface area contributed by atoms with Crippen LogP contribution in [0, 0.1) is 0 Å². The molecule has 0 saturated carbocycles. The first kappa shape index (κ1) is 21.5. The van der Waals surface area contributed by atoms with Crippen molar-refractivity contribution in [3.8, 4) is 17.2 Å². The van der Waals surface area contributed by atoms with Crippen molar-refractivity contribution in [1.82, 2.24) is 0 Å². The number of halogens is 3. The van der Waals surface area contributed by atoms with Crippen LogP contribution >= 0.6 is 0 Å². The van der Waals surface area contributed by atoms with Gasteiger partial charge in [-0.15, -0.1) is 13.2 Å². The van der Waals surface area contributed by atoms with E-state index in [9.17, 15) is 18.3 Å². The average molecular weight is 417 g/mol. The summed E-state index contributed by atoms with van der Waals surface area (Å²) in [5.41, 5.74) is 1.39. The normalized spacial score (nSPS) is 12.3. The van der Waals surface area contributed by atoms with Gasteiger partial charge in [0.1, 0.15) is 17.2 Å². The van der Waals surface area contributed by atoms with Gasteiger partial charge in [0.15, 0.2) is 0 Å². The molecule has 158 valence electrons. The number of alkyl halides is 3. The molecular formula is C23H22F3NO3. The van der Waals surface area contributed by atoms with E-state index in [2.05, 4.69) is 4.74 Å². The zero-order chi connectivity index (χ0) is 21.6. The SMILES string of the molecule is CC(O)CN(Cc1cccc(OC(F)(F)F)c1)c1cccc(Oc2ccccc2)c1. The van der Waals surface area contributed by atoms with Crippen LogP contribution in [0.2, 0.25) is 0 Å². The molecule has 0 spiro atoms. The van der Waals surface area contributed by atoms with E-state index in [1.54, 1.807) is 13.0 Å².